The van der Waals surface area contributed by atoms with Gasteiger partial charge in [-0.15, -0.1) is 0 Å². The molecule has 2 heterocycles. The molecular formula is C20H19N3O2. The highest BCUT2D eigenvalue weighted by Crippen LogP contribution is 2.20. The molecule has 1 aromatic carbocycles. The molecule has 1 saturated heterocycles. The predicted molar refractivity (Wildman–Crippen MR) is 96.1 cm³/mol. The van der Waals surface area contributed by atoms with E-state index >= 15 is 0 Å². The number of carbonyl (C=O) groups excluding carboxylic acids is 2. The van der Waals surface area contributed by atoms with Crippen LogP contribution >= 0.6 is 0 Å². The van der Waals surface area contributed by atoms with Crippen molar-refractivity contribution in [3.05, 3.63) is 59.9 Å². The van der Waals surface area contributed by atoms with Gasteiger partial charge in [0.1, 0.15) is 5.69 Å². The fraction of sp³-hybridized carbons (Fsp3) is 0.250. The van der Waals surface area contributed by atoms with Crippen molar-refractivity contribution in [1.82, 2.24) is 10.3 Å². The van der Waals surface area contributed by atoms with E-state index in [0.29, 0.717) is 12.1 Å². The maximum absolute atomic E-state index is 11.9. The predicted octanol–water partition coefficient (Wildman–Crippen LogP) is 2.38. The van der Waals surface area contributed by atoms with Crippen molar-refractivity contribution in [2.75, 3.05) is 18.0 Å². The summed E-state index contributed by atoms with van der Waals surface area (Å²) >= 11 is 0. The molecule has 2 aromatic rings. The monoisotopic (exact) mass is 333 g/mol. The van der Waals surface area contributed by atoms with E-state index in [1.54, 1.807) is 24.4 Å². The third-order valence-electron chi connectivity index (χ3n) is 3.97. The molecule has 5 heteroatoms. The normalized spacial score (nSPS) is 13.8. The SMILES string of the molecule is O=C(NCC#Cc1ccc(N2CCCCC2=O)cc1)c1ccccn1. The molecule has 1 aliphatic rings. The highest BCUT2D eigenvalue weighted by molar-refractivity contribution is 5.94. The van der Waals surface area contributed by atoms with Gasteiger partial charge in [0.2, 0.25) is 5.91 Å². The topological polar surface area (TPSA) is 62.3 Å². The van der Waals surface area contributed by atoms with Crippen molar-refractivity contribution in [3.63, 3.8) is 0 Å². The second-order valence-corrected chi connectivity index (χ2v) is 5.75. The van der Waals surface area contributed by atoms with Crippen molar-refractivity contribution < 1.29 is 9.59 Å². The van der Waals surface area contributed by atoms with E-state index < -0.39 is 0 Å². The number of pyridine rings is 1. The standard InChI is InChI=1S/C20H19N3O2/c24-19-8-2-4-15-23(19)17-11-9-16(10-12-17)6-5-14-22-20(25)18-7-1-3-13-21-18/h1,3,7,9-13H,2,4,8,14-15H2,(H,22,25). The first-order chi connectivity index (χ1) is 12.2. The number of hydrogen-bond acceptors (Lipinski definition) is 3. The third kappa shape index (κ3) is 4.45. The molecule has 3 rings (SSSR count). The van der Waals surface area contributed by atoms with Crippen LogP contribution in [-0.4, -0.2) is 29.9 Å². The molecular weight excluding hydrogens is 314 g/mol. The summed E-state index contributed by atoms with van der Waals surface area (Å²) in [4.78, 5) is 29.6. The number of aromatic nitrogens is 1. The number of benzene rings is 1. The lowest BCUT2D eigenvalue weighted by molar-refractivity contribution is -0.119. The van der Waals surface area contributed by atoms with E-state index in [1.807, 2.05) is 29.2 Å². The largest absolute Gasteiger partial charge is 0.340 e. The number of anilines is 1. The smallest absolute Gasteiger partial charge is 0.270 e. The average molecular weight is 333 g/mol. The molecule has 0 saturated carbocycles. The first-order valence-corrected chi connectivity index (χ1v) is 8.32. The molecule has 0 atom stereocenters. The zero-order chi connectivity index (χ0) is 17.5. The Kier molecular flexibility index (Phi) is 5.43. The zero-order valence-corrected chi connectivity index (χ0v) is 13.9. The minimum Gasteiger partial charge on any atom is -0.340 e. The molecule has 0 spiro atoms. The van der Waals surface area contributed by atoms with Gasteiger partial charge in [0.25, 0.3) is 5.91 Å². The molecule has 1 aromatic heterocycles. The summed E-state index contributed by atoms with van der Waals surface area (Å²) in [6, 6.07) is 12.8. The summed E-state index contributed by atoms with van der Waals surface area (Å²) in [5.41, 5.74) is 2.14. The number of amides is 2. The molecule has 0 unspecified atom stereocenters. The number of piperidine rings is 1. The Morgan fingerprint density at radius 3 is 2.72 bits per heavy atom. The van der Waals surface area contributed by atoms with Crippen LogP contribution in [0.15, 0.2) is 48.7 Å². The Morgan fingerprint density at radius 1 is 1.16 bits per heavy atom. The third-order valence-corrected chi connectivity index (χ3v) is 3.97. The van der Waals surface area contributed by atoms with Crippen LogP contribution in [0.1, 0.15) is 35.3 Å². The van der Waals surface area contributed by atoms with Crippen LogP contribution in [0, 0.1) is 11.8 Å². The van der Waals surface area contributed by atoms with Crippen molar-refractivity contribution in [2.45, 2.75) is 19.3 Å². The van der Waals surface area contributed by atoms with Gasteiger partial charge in [-0.2, -0.15) is 0 Å². The molecule has 1 aliphatic heterocycles. The Morgan fingerprint density at radius 2 is 2.00 bits per heavy atom. The van der Waals surface area contributed by atoms with Gasteiger partial charge < -0.3 is 10.2 Å². The van der Waals surface area contributed by atoms with Crippen molar-refractivity contribution in [1.29, 1.82) is 0 Å². The molecule has 0 radical (unpaired) electrons. The Labute approximate surface area is 147 Å². The minimum absolute atomic E-state index is 0.183. The molecule has 1 fully saturated rings. The van der Waals surface area contributed by atoms with Crippen LogP contribution in [0.25, 0.3) is 0 Å². The second-order valence-electron chi connectivity index (χ2n) is 5.75. The Bertz CT molecular complexity index is 804. The number of carbonyl (C=O) groups is 2. The van der Waals surface area contributed by atoms with Crippen LogP contribution < -0.4 is 10.2 Å². The first-order valence-electron chi connectivity index (χ1n) is 8.32. The summed E-state index contributed by atoms with van der Waals surface area (Å²) in [5, 5.41) is 2.71. The number of hydrogen-bond donors (Lipinski definition) is 1. The number of nitrogens with one attached hydrogen (secondary N) is 1. The summed E-state index contributed by atoms with van der Waals surface area (Å²) in [6.07, 6.45) is 4.22. The quantitative estimate of drug-likeness (QED) is 0.877. The minimum atomic E-state index is -0.242. The second kappa shape index (κ2) is 8.11. The van der Waals surface area contributed by atoms with E-state index in [9.17, 15) is 9.59 Å². The lowest BCUT2D eigenvalue weighted by atomic mass is 10.1. The number of rotatable bonds is 3. The number of nitrogens with zero attached hydrogens (tertiary/aromatic N) is 2. The highest BCUT2D eigenvalue weighted by Gasteiger charge is 2.19. The molecule has 2 amide bonds. The maximum atomic E-state index is 11.9. The summed E-state index contributed by atoms with van der Waals surface area (Å²) in [6.45, 7) is 1.03. The van der Waals surface area contributed by atoms with E-state index in [-0.39, 0.29) is 18.4 Å². The lowest BCUT2D eigenvalue weighted by Crippen LogP contribution is -2.35. The summed E-state index contributed by atoms with van der Waals surface area (Å²) in [7, 11) is 0. The molecule has 25 heavy (non-hydrogen) atoms. The highest BCUT2D eigenvalue weighted by atomic mass is 16.2. The zero-order valence-electron chi connectivity index (χ0n) is 13.9. The molecule has 0 bridgehead atoms. The summed E-state index contributed by atoms with van der Waals surface area (Å²) < 4.78 is 0. The maximum Gasteiger partial charge on any atom is 0.270 e. The van der Waals surface area contributed by atoms with Crippen LogP contribution in [0.4, 0.5) is 5.69 Å². The van der Waals surface area contributed by atoms with Crippen molar-refractivity contribution >= 4 is 17.5 Å². The Balaban J connectivity index is 1.54. The van der Waals surface area contributed by atoms with E-state index in [1.165, 1.54) is 0 Å². The lowest BCUT2D eigenvalue weighted by Gasteiger charge is -2.26. The van der Waals surface area contributed by atoms with E-state index in [0.717, 1.165) is 30.6 Å². The van der Waals surface area contributed by atoms with Crippen molar-refractivity contribution in [2.24, 2.45) is 0 Å². The van der Waals surface area contributed by atoms with Gasteiger partial charge in [-0.3, -0.25) is 14.6 Å². The van der Waals surface area contributed by atoms with Gasteiger partial charge in [-0.25, -0.2) is 0 Å². The van der Waals surface area contributed by atoms with Gasteiger partial charge in [0.05, 0.1) is 6.54 Å². The summed E-state index contributed by atoms with van der Waals surface area (Å²) in [5.74, 6) is 5.87. The first kappa shape index (κ1) is 16.7. The van der Waals surface area contributed by atoms with Gasteiger partial charge >= 0.3 is 0 Å². The van der Waals surface area contributed by atoms with Gasteiger partial charge in [-0.05, 0) is 49.2 Å². The van der Waals surface area contributed by atoms with Crippen LogP contribution in [0.5, 0.6) is 0 Å². The fourth-order valence-electron chi connectivity index (χ4n) is 2.66. The van der Waals surface area contributed by atoms with Crippen LogP contribution in [-0.2, 0) is 4.79 Å². The van der Waals surface area contributed by atoms with E-state index in [4.69, 9.17) is 0 Å². The van der Waals surface area contributed by atoms with Gasteiger partial charge in [0, 0.05) is 30.4 Å². The Hall–Kier alpha value is -3.13. The van der Waals surface area contributed by atoms with Crippen LogP contribution in [0.3, 0.4) is 0 Å². The fourth-order valence-corrected chi connectivity index (χ4v) is 2.66. The average Bonchev–Trinajstić information content (AvgIpc) is 2.67. The molecule has 126 valence electrons. The molecule has 5 nitrogen and oxygen atoms in total. The van der Waals surface area contributed by atoms with E-state index in [2.05, 4.69) is 22.1 Å². The van der Waals surface area contributed by atoms with Gasteiger partial charge in [0.15, 0.2) is 0 Å². The molecule has 0 aliphatic carbocycles. The van der Waals surface area contributed by atoms with Gasteiger partial charge in [-0.1, -0.05) is 17.9 Å². The molecule has 1 N–H and O–H groups in total. The van der Waals surface area contributed by atoms with Crippen LogP contribution in [0.2, 0.25) is 0 Å². The van der Waals surface area contributed by atoms with Crippen molar-refractivity contribution in [3.8, 4) is 11.8 Å².